The van der Waals surface area contributed by atoms with Crippen molar-refractivity contribution in [2.75, 3.05) is 20.3 Å². The van der Waals surface area contributed by atoms with Crippen LogP contribution in [0.5, 0.6) is 5.75 Å². The Morgan fingerprint density at radius 3 is 2.91 bits per heavy atom. The maximum absolute atomic E-state index is 5.85. The van der Waals surface area contributed by atoms with Crippen molar-refractivity contribution in [3.63, 3.8) is 0 Å². The number of nitrogens with zero attached hydrogens (tertiary/aromatic N) is 2. The van der Waals surface area contributed by atoms with Gasteiger partial charge in [0.15, 0.2) is 11.6 Å². The first-order valence-electron chi connectivity index (χ1n) is 7.49. The fourth-order valence-corrected chi connectivity index (χ4v) is 2.62. The molecule has 6 nitrogen and oxygen atoms in total. The van der Waals surface area contributed by atoms with Crippen LogP contribution in [0, 0.1) is 0 Å². The largest absolute Gasteiger partial charge is 0.497 e. The summed E-state index contributed by atoms with van der Waals surface area (Å²) in [5.41, 5.74) is 0.930. The van der Waals surface area contributed by atoms with E-state index in [4.69, 9.17) is 18.4 Å². The number of benzene rings is 1. The number of hydrogen-bond acceptors (Lipinski definition) is 6. The van der Waals surface area contributed by atoms with E-state index in [-0.39, 0.29) is 5.92 Å². The zero-order valence-corrected chi connectivity index (χ0v) is 12.7. The summed E-state index contributed by atoms with van der Waals surface area (Å²) in [5.74, 6) is 3.34. The minimum absolute atomic E-state index is 0.209. The number of hydrogen-bond donors (Lipinski definition) is 0. The Morgan fingerprint density at radius 1 is 1.17 bits per heavy atom. The van der Waals surface area contributed by atoms with Crippen LogP contribution in [0.4, 0.5) is 0 Å². The maximum Gasteiger partial charge on any atom is 0.293 e. The van der Waals surface area contributed by atoms with Gasteiger partial charge in [0.1, 0.15) is 11.5 Å². The molecule has 1 saturated heterocycles. The van der Waals surface area contributed by atoms with E-state index < -0.39 is 0 Å². The summed E-state index contributed by atoms with van der Waals surface area (Å²) in [7, 11) is 1.64. The van der Waals surface area contributed by atoms with Gasteiger partial charge >= 0.3 is 0 Å². The van der Waals surface area contributed by atoms with Crippen LogP contribution in [0.2, 0.25) is 0 Å². The smallest absolute Gasteiger partial charge is 0.293 e. The molecule has 3 aromatic rings. The molecule has 0 saturated carbocycles. The molecule has 1 fully saturated rings. The van der Waals surface area contributed by atoms with Crippen molar-refractivity contribution in [1.29, 1.82) is 0 Å². The first kappa shape index (κ1) is 14.0. The van der Waals surface area contributed by atoms with Crippen LogP contribution < -0.4 is 4.74 Å². The Bertz CT molecular complexity index is 802. The van der Waals surface area contributed by atoms with Crippen LogP contribution in [-0.2, 0) is 4.74 Å². The minimum atomic E-state index is 0.209. The Hall–Kier alpha value is -2.60. The monoisotopic (exact) mass is 312 g/mol. The molecule has 3 heterocycles. The molecule has 1 atom stereocenters. The van der Waals surface area contributed by atoms with Crippen molar-refractivity contribution < 1.29 is 18.4 Å². The molecular formula is C17H16N2O4. The summed E-state index contributed by atoms with van der Waals surface area (Å²) in [6, 6.07) is 11.4. The van der Waals surface area contributed by atoms with Gasteiger partial charge in [0.2, 0.25) is 0 Å². The van der Waals surface area contributed by atoms with Gasteiger partial charge in [-0.25, -0.2) is 0 Å². The van der Waals surface area contributed by atoms with E-state index in [2.05, 4.69) is 10.1 Å². The van der Waals surface area contributed by atoms with E-state index in [1.807, 2.05) is 36.4 Å². The highest BCUT2D eigenvalue weighted by Crippen LogP contribution is 2.31. The predicted octanol–water partition coefficient (Wildman–Crippen LogP) is 3.51. The Balaban J connectivity index is 1.60. The zero-order chi connectivity index (χ0) is 15.6. The molecule has 1 aliphatic heterocycles. The van der Waals surface area contributed by atoms with Crippen molar-refractivity contribution in [3.05, 3.63) is 42.2 Å². The highest BCUT2D eigenvalue weighted by molar-refractivity contribution is 5.62. The molecule has 4 rings (SSSR count). The molecule has 0 bridgehead atoms. The summed E-state index contributed by atoms with van der Waals surface area (Å²) in [5, 5.41) is 4.04. The summed E-state index contributed by atoms with van der Waals surface area (Å²) in [4.78, 5) is 4.43. The number of methoxy groups -OCH3 is 1. The van der Waals surface area contributed by atoms with Crippen molar-refractivity contribution in [1.82, 2.24) is 10.1 Å². The van der Waals surface area contributed by atoms with Crippen LogP contribution >= 0.6 is 0 Å². The number of rotatable bonds is 4. The molecular weight excluding hydrogens is 296 g/mol. The molecule has 6 heteroatoms. The Morgan fingerprint density at radius 2 is 2.09 bits per heavy atom. The average molecular weight is 312 g/mol. The molecule has 2 aromatic heterocycles. The zero-order valence-electron chi connectivity index (χ0n) is 12.7. The first-order valence-corrected chi connectivity index (χ1v) is 7.49. The molecule has 1 aromatic carbocycles. The van der Waals surface area contributed by atoms with Gasteiger partial charge in [0, 0.05) is 18.1 Å². The van der Waals surface area contributed by atoms with Crippen molar-refractivity contribution in [2.45, 2.75) is 12.3 Å². The van der Waals surface area contributed by atoms with Crippen molar-refractivity contribution in [2.24, 2.45) is 0 Å². The highest BCUT2D eigenvalue weighted by Gasteiger charge is 2.24. The fourth-order valence-electron chi connectivity index (χ4n) is 2.62. The van der Waals surface area contributed by atoms with Gasteiger partial charge in [-0.15, -0.1) is 0 Å². The van der Waals surface area contributed by atoms with Gasteiger partial charge in [-0.2, -0.15) is 4.98 Å². The average Bonchev–Trinajstić information content (AvgIpc) is 3.34. The van der Waals surface area contributed by atoms with Gasteiger partial charge in [-0.3, -0.25) is 0 Å². The molecule has 1 aliphatic rings. The lowest BCUT2D eigenvalue weighted by atomic mass is 10.1. The van der Waals surface area contributed by atoms with Gasteiger partial charge in [0.05, 0.1) is 13.7 Å². The number of aromatic nitrogens is 2. The molecule has 23 heavy (non-hydrogen) atoms. The third kappa shape index (κ3) is 2.73. The molecule has 0 amide bonds. The molecule has 118 valence electrons. The highest BCUT2D eigenvalue weighted by atomic mass is 16.5. The lowest BCUT2D eigenvalue weighted by molar-refractivity contribution is 0.192. The third-order valence-electron chi connectivity index (χ3n) is 3.91. The lowest BCUT2D eigenvalue weighted by Gasteiger charge is -2.01. The quantitative estimate of drug-likeness (QED) is 0.734. The predicted molar refractivity (Wildman–Crippen MR) is 82.2 cm³/mol. The standard InChI is InChI=1S/C17H16N2O4/c1-20-13-4-2-3-11(9-13)14-5-6-15(22-14)17-18-16(19-23-17)12-7-8-21-10-12/h2-6,9,12H,7-8,10H2,1H3. The van der Waals surface area contributed by atoms with Crippen LogP contribution in [0.25, 0.3) is 23.0 Å². The second kappa shape index (κ2) is 5.89. The van der Waals surface area contributed by atoms with Crippen molar-refractivity contribution >= 4 is 0 Å². The fraction of sp³-hybridized carbons (Fsp3) is 0.294. The summed E-state index contributed by atoms with van der Waals surface area (Å²) in [6.45, 7) is 1.39. The van der Waals surface area contributed by atoms with E-state index in [0.29, 0.717) is 24.1 Å². The molecule has 0 radical (unpaired) electrons. The molecule has 1 unspecified atom stereocenters. The SMILES string of the molecule is COc1cccc(-c2ccc(-c3nc(C4CCOC4)no3)o2)c1. The minimum Gasteiger partial charge on any atom is -0.497 e. The first-order chi connectivity index (χ1) is 11.3. The van der Waals surface area contributed by atoms with Crippen LogP contribution in [0.1, 0.15) is 18.2 Å². The van der Waals surface area contributed by atoms with Crippen LogP contribution in [0.15, 0.2) is 45.3 Å². The second-order valence-corrected chi connectivity index (χ2v) is 5.41. The van der Waals surface area contributed by atoms with Gasteiger partial charge < -0.3 is 18.4 Å². The van der Waals surface area contributed by atoms with E-state index in [9.17, 15) is 0 Å². The summed E-state index contributed by atoms with van der Waals surface area (Å²) >= 11 is 0. The third-order valence-corrected chi connectivity index (χ3v) is 3.91. The molecule has 0 aliphatic carbocycles. The van der Waals surface area contributed by atoms with Gasteiger partial charge in [-0.1, -0.05) is 17.3 Å². The molecule has 0 N–H and O–H groups in total. The lowest BCUT2D eigenvalue weighted by Crippen LogP contribution is -1.99. The van der Waals surface area contributed by atoms with Gasteiger partial charge in [0.25, 0.3) is 5.89 Å². The van der Waals surface area contributed by atoms with Gasteiger partial charge in [-0.05, 0) is 30.7 Å². The van der Waals surface area contributed by atoms with E-state index in [1.165, 1.54) is 0 Å². The number of ether oxygens (including phenoxy) is 2. The topological polar surface area (TPSA) is 70.5 Å². The van der Waals surface area contributed by atoms with Crippen LogP contribution in [0.3, 0.4) is 0 Å². The number of furan rings is 1. The second-order valence-electron chi connectivity index (χ2n) is 5.41. The van der Waals surface area contributed by atoms with Crippen LogP contribution in [-0.4, -0.2) is 30.5 Å². The van der Waals surface area contributed by atoms with E-state index >= 15 is 0 Å². The van der Waals surface area contributed by atoms with E-state index in [1.54, 1.807) is 7.11 Å². The maximum atomic E-state index is 5.85. The Labute approximate surface area is 133 Å². The summed E-state index contributed by atoms with van der Waals surface area (Å²) < 4.78 is 21.8. The van der Waals surface area contributed by atoms with E-state index in [0.717, 1.165) is 30.1 Å². The normalized spacial score (nSPS) is 17.5. The molecule has 0 spiro atoms. The Kier molecular flexibility index (Phi) is 3.59. The van der Waals surface area contributed by atoms with Crippen molar-refractivity contribution in [3.8, 4) is 28.7 Å². The summed E-state index contributed by atoms with van der Waals surface area (Å²) in [6.07, 6.45) is 0.923.